The second-order valence-corrected chi connectivity index (χ2v) is 16.7. The van der Waals surface area contributed by atoms with Crippen LogP contribution in [0.15, 0.2) is 54.6 Å². The van der Waals surface area contributed by atoms with Crippen LogP contribution in [0.25, 0.3) is 0 Å². The van der Waals surface area contributed by atoms with E-state index in [1.165, 1.54) is 38.2 Å². The summed E-state index contributed by atoms with van der Waals surface area (Å²) in [6, 6.07) is 11.9. The number of benzene rings is 2. The summed E-state index contributed by atoms with van der Waals surface area (Å²) in [5, 5.41) is 18.6. The fourth-order valence-electron chi connectivity index (χ4n) is 7.42. The van der Waals surface area contributed by atoms with Gasteiger partial charge in [-0.15, -0.1) is 23.5 Å². The molecule has 6 atom stereocenters. The van der Waals surface area contributed by atoms with E-state index in [-0.39, 0.29) is 53.6 Å². The first kappa shape index (κ1) is 38.6. The minimum absolute atomic E-state index is 0.00205. The van der Waals surface area contributed by atoms with E-state index in [2.05, 4.69) is 10.6 Å². The summed E-state index contributed by atoms with van der Waals surface area (Å²) in [6.45, 7) is 6.69. The summed E-state index contributed by atoms with van der Waals surface area (Å²) in [5.41, 5.74) is -0.919. The van der Waals surface area contributed by atoms with E-state index in [0.717, 1.165) is 10.5 Å². The zero-order chi connectivity index (χ0) is 38.0. The fourth-order valence-corrected chi connectivity index (χ4v) is 9.76. The Labute approximate surface area is 318 Å². The number of carbonyl (C=O) groups is 6. The molecule has 284 valence electrons. The van der Waals surface area contributed by atoms with E-state index in [4.69, 9.17) is 0 Å². The number of nitrogens with one attached hydrogen (secondary N) is 2. The topological polar surface area (TPSA) is 160 Å². The van der Waals surface area contributed by atoms with Crippen LogP contribution in [0.3, 0.4) is 0 Å². The normalized spacial score (nSPS) is 27.9. The molecule has 2 aromatic rings. The molecule has 3 fully saturated rings. The van der Waals surface area contributed by atoms with Crippen LogP contribution in [-0.4, -0.2) is 121 Å². The maximum atomic E-state index is 14.9. The SMILES string of the molecule is CC[C@H](C)[C@@H]1NC(=O)[C@H](CC(C)C)NC(=O)[C@@H]2CSCN2C(=O)[C@H]2CSCN2C(=O)CN2C(=O)c3ccccc3[C@@]2(O)CN(Cc2ccccc2)C1=O. The van der Waals surface area contributed by atoms with Crippen molar-refractivity contribution >= 4 is 59.0 Å². The molecule has 0 saturated carbocycles. The summed E-state index contributed by atoms with van der Waals surface area (Å²) in [4.78, 5) is 90.8. The zero-order valence-electron chi connectivity index (χ0n) is 30.5. The molecule has 53 heavy (non-hydrogen) atoms. The van der Waals surface area contributed by atoms with E-state index >= 15 is 0 Å². The summed E-state index contributed by atoms with van der Waals surface area (Å²) in [7, 11) is 0. The summed E-state index contributed by atoms with van der Waals surface area (Å²) in [5.74, 6) is -2.31. The molecule has 0 radical (unpaired) electrons. The minimum atomic E-state index is -2.12. The fraction of sp³-hybridized carbons (Fsp3) is 0.526. The van der Waals surface area contributed by atoms with Gasteiger partial charge in [-0.2, -0.15) is 0 Å². The molecule has 2 aromatic carbocycles. The predicted octanol–water partition coefficient (Wildman–Crippen LogP) is 2.19. The van der Waals surface area contributed by atoms with Crippen molar-refractivity contribution in [2.24, 2.45) is 11.8 Å². The lowest BCUT2D eigenvalue weighted by Gasteiger charge is -2.41. The lowest BCUT2D eigenvalue weighted by atomic mass is 9.94. The minimum Gasteiger partial charge on any atom is -0.365 e. The molecule has 0 aliphatic carbocycles. The molecule has 6 amide bonds. The molecular weight excluding hydrogens is 717 g/mol. The first-order chi connectivity index (χ1) is 25.3. The number of aliphatic hydroxyl groups is 1. The zero-order valence-corrected chi connectivity index (χ0v) is 32.2. The molecule has 4 aliphatic heterocycles. The number of amides is 6. The Morgan fingerprint density at radius 1 is 0.830 bits per heavy atom. The van der Waals surface area contributed by atoms with Crippen LogP contribution < -0.4 is 10.6 Å². The molecule has 13 nitrogen and oxygen atoms in total. The predicted molar refractivity (Wildman–Crippen MR) is 202 cm³/mol. The lowest BCUT2D eigenvalue weighted by Crippen LogP contribution is -2.62. The van der Waals surface area contributed by atoms with E-state index in [1.54, 1.807) is 24.3 Å². The van der Waals surface area contributed by atoms with E-state index in [1.807, 2.05) is 58.0 Å². The van der Waals surface area contributed by atoms with Gasteiger partial charge in [0.1, 0.15) is 30.7 Å². The number of fused-ring (bicyclic) bond motifs is 5. The maximum absolute atomic E-state index is 14.9. The van der Waals surface area contributed by atoms with Gasteiger partial charge >= 0.3 is 0 Å². The summed E-state index contributed by atoms with van der Waals surface area (Å²) >= 11 is 2.80. The highest BCUT2D eigenvalue weighted by Crippen LogP contribution is 2.39. The number of hydrogen-bond donors (Lipinski definition) is 3. The van der Waals surface area contributed by atoms with Gasteiger partial charge in [-0.1, -0.05) is 82.6 Å². The number of hydrogen-bond acceptors (Lipinski definition) is 9. The Balaban J connectivity index is 1.47. The van der Waals surface area contributed by atoms with E-state index < -0.39 is 72.5 Å². The Kier molecular flexibility index (Phi) is 11.7. The second-order valence-electron chi connectivity index (χ2n) is 14.7. The molecule has 3 saturated heterocycles. The van der Waals surface area contributed by atoms with Crippen molar-refractivity contribution in [2.45, 2.75) is 77.0 Å². The molecule has 6 rings (SSSR count). The third-order valence-electron chi connectivity index (χ3n) is 10.6. The highest BCUT2D eigenvalue weighted by molar-refractivity contribution is 7.99. The van der Waals surface area contributed by atoms with Gasteiger partial charge in [0.05, 0.1) is 18.3 Å². The first-order valence-electron chi connectivity index (χ1n) is 18.2. The Hall–Kier alpha value is -4.08. The van der Waals surface area contributed by atoms with Crippen molar-refractivity contribution in [1.29, 1.82) is 0 Å². The van der Waals surface area contributed by atoms with Crippen LogP contribution in [0.1, 0.15) is 62.0 Å². The average molecular weight is 765 g/mol. The molecule has 15 heteroatoms. The van der Waals surface area contributed by atoms with Gasteiger partial charge in [-0.05, 0) is 29.9 Å². The van der Waals surface area contributed by atoms with Gasteiger partial charge in [0.2, 0.25) is 29.5 Å². The molecule has 3 N–H and O–H groups in total. The smallest absolute Gasteiger partial charge is 0.257 e. The van der Waals surface area contributed by atoms with Gasteiger partial charge in [0, 0.05) is 29.2 Å². The van der Waals surface area contributed by atoms with Gasteiger partial charge < -0.3 is 30.4 Å². The van der Waals surface area contributed by atoms with E-state index in [0.29, 0.717) is 17.9 Å². The van der Waals surface area contributed by atoms with Crippen molar-refractivity contribution in [3.63, 3.8) is 0 Å². The van der Waals surface area contributed by atoms with Gasteiger partial charge in [0.15, 0.2) is 5.72 Å². The highest BCUT2D eigenvalue weighted by atomic mass is 32.2. The van der Waals surface area contributed by atoms with E-state index in [9.17, 15) is 33.9 Å². The molecule has 4 aliphatic rings. The molecule has 0 spiro atoms. The third kappa shape index (κ3) is 7.79. The third-order valence-corrected chi connectivity index (χ3v) is 12.6. The summed E-state index contributed by atoms with van der Waals surface area (Å²) < 4.78 is 0. The van der Waals surface area contributed by atoms with Crippen molar-refractivity contribution in [3.8, 4) is 0 Å². The second kappa shape index (κ2) is 16.1. The number of rotatable bonds is 6. The van der Waals surface area contributed by atoms with Crippen LogP contribution in [-0.2, 0) is 36.2 Å². The maximum Gasteiger partial charge on any atom is 0.257 e. The van der Waals surface area contributed by atoms with Crippen molar-refractivity contribution < 1.29 is 33.9 Å². The van der Waals surface area contributed by atoms with Crippen LogP contribution in [0, 0.1) is 11.8 Å². The van der Waals surface area contributed by atoms with Gasteiger partial charge in [0.25, 0.3) is 5.91 Å². The van der Waals surface area contributed by atoms with Gasteiger partial charge in [-0.3, -0.25) is 33.7 Å². The largest absolute Gasteiger partial charge is 0.365 e. The van der Waals surface area contributed by atoms with Crippen molar-refractivity contribution in [1.82, 2.24) is 30.2 Å². The standard InChI is InChI=1S/C38H48N6O7S2/c1-5-24(4)32-37(50)41(16-25-11-7-6-8-12-25)20-38(51)27-14-10-9-13-26(27)35(48)44(38)17-31(45)42-21-53-19-30(42)36(49)43-22-52-18-29(43)34(47)39-28(15-23(2)3)33(46)40-32/h6-14,23-24,28-30,32,51H,5,15-22H2,1-4H3,(H,39,47)(H,40,46)/t24-,28-,29-,30+,32-,38-/m0/s1. The summed E-state index contributed by atoms with van der Waals surface area (Å²) in [6.07, 6.45) is 0.810. The van der Waals surface area contributed by atoms with Crippen LogP contribution >= 0.6 is 23.5 Å². The Morgan fingerprint density at radius 3 is 2.19 bits per heavy atom. The van der Waals surface area contributed by atoms with Gasteiger partial charge in [-0.25, -0.2) is 0 Å². The van der Waals surface area contributed by atoms with Crippen molar-refractivity contribution in [3.05, 3.63) is 71.3 Å². The Morgan fingerprint density at radius 2 is 1.49 bits per heavy atom. The van der Waals surface area contributed by atoms with Crippen molar-refractivity contribution in [2.75, 3.05) is 36.3 Å². The molecule has 0 bridgehead atoms. The highest BCUT2D eigenvalue weighted by Gasteiger charge is 2.53. The number of β-amino-alcohol motifs (C(OH)–C–C–N with tert-alkyl or cyclic N) is 1. The molecule has 4 heterocycles. The molecular formula is C38H48N6O7S2. The number of carbonyl (C=O) groups excluding carboxylic acids is 6. The number of thioether (sulfide) groups is 2. The number of nitrogens with zero attached hydrogens (tertiary/aromatic N) is 4. The Bertz CT molecular complexity index is 1750. The molecule has 0 aromatic heterocycles. The van der Waals surface area contributed by atoms with Crippen LogP contribution in [0.4, 0.5) is 0 Å². The van der Waals surface area contributed by atoms with Crippen LogP contribution in [0.5, 0.6) is 0 Å². The lowest BCUT2D eigenvalue weighted by molar-refractivity contribution is -0.156. The first-order valence-corrected chi connectivity index (χ1v) is 20.5. The average Bonchev–Trinajstić information content (AvgIpc) is 3.89. The molecule has 0 unspecified atom stereocenters. The van der Waals surface area contributed by atoms with Crippen LogP contribution in [0.2, 0.25) is 0 Å². The monoisotopic (exact) mass is 764 g/mol. The quantitative estimate of drug-likeness (QED) is 0.401.